The molecule has 2 rings (SSSR count). The van der Waals surface area contributed by atoms with Gasteiger partial charge in [-0.15, -0.1) is 0 Å². The van der Waals surface area contributed by atoms with E-state index in [4.69, 9.17) is 16.2 Å². The zero-order chi connectivity index (χ0) is 14.5. The number of anilines is 4. The number of benzene rings is 1. The topological polar surface area (TPSA) is 116 Å². The fourth-order valence-electron chi connectivity index (χ4n) is 1.58. The normalized spacial score (nSPS) is 10.1. The van der Waals surface area contributed by atoms with Gasteiger partial charge in [0.1, 0.15) is 12.0 Å². The Labute approximate surface area is 116 Å². The Morgan fingerprint density at radius 3 is 2.90 bits per heavy atom. The highest BCUT2D eigenvalue weighted by atomic mass is 16.5. The van der Waals surface area contributed by atoms with Crippen molar-refractivity contribution < 1.29 is 9.53 Å². The molecule has 0 saturated heterocycles. The molecule has 1 heterocycles. The number of carbonyl (C=O) groups is 1. The van der Waals surface area contributed by atoms with Crippen molar-refractivity contribution in [3.05, 3.63) is 36.2 Å². The van der Waals surface area contributed by atoms with Crippen LogP contribution in [0.1, 0.15) is 17.3 Å². The van der Waals surface area contributed by atoms with E-state index in [1.807, 2.05) is 0 Å². The van der Waals surface area contributed by atoms with Gasteiger partial charge >= 0.3 is 5.97 Å². The summed E-state index contributed by atoms with van der Waals surface area (Å²) < 4.78 is 4.94. The van der Waals surface area contributed by atoms with Gasteiger partial charge in [0.05, 0.1) is 12.2 Å². The third-order valence-electron chi connectivity index (χ3n) is 2.55. The van der Waals surface area contributed by atoms with Gasteiger partial charge in [0.15, 0.2) is 11.6 Å². The number of ether oxygens (including phenoxy) is 1. The van der Waals surface area contributed by atoms with E-state index < -0.39 is 0 Å². The van der Waals surface area contributed by atoms with Crippen LogP contribution in [0.4, 0.5) is 23.0 Å². The van der Waals surface area contributed by atoms with Crippen molar-refractivity contribution in [3.8, 4) is 0 Å². The van der Waals surface area contributed by atoms with Crippen molar-refractivity contribution in [1.82, 2.24) is 9.97 Å². The molecular formula is C13H15N5O2. The Balaban J connectivity index is 2.24. The number of carbonyl (C=O) groups excluding carboxylic acids is 1. The molecule has 0 unspecified atom stereocenters. The molecule has 0 aliphatic heterocycles. The number of hydrogen-bond acceptors (Lipinski definition) is 7. The van der Waals surface area contributed by atoms with Crippen LogP contribution in [0.15, 0.2) is 30.6 Å². The molecule has 0 bridgehead atoms. The van der Waals surface area contributed by atoms with Gasteiger partial charge in [-0.25, -0.2) is 14.8 Å². The predicted molar refractivity (Wildman–Crippen MR) is 76.5 cm³/mol. The second-order valence-electron chi connectivity index (χ2n) is 3.95. The van der Waals surface area contributed by atoms with Gasteiger partial charge in [-0.2, -0.15) is 0 Å². The Morgan fingerprint density at radius 2 is 2.15 bits per heavy atom. The molecule has 0 spiro atoms. The number of hydrogen-bond donors (Lipinski definition) is 3. The minimum atomic E-state index is -0.383. The van der Waals surface area contributed by atoms with Crippen LogP contribution < -0.4 is 16.8 Å². The van der Waals surface area contributed by atoms with E-state index in [-0.39, 0.29) is 17.5 Å². The second kappa shape index (κ2) is 5.87. The lowest BCUT2D eigenvalue weighted by molar-refractivity contribution is 0.0526. The largest absolute Gasteiger partial charge is 0.462 e. The van der Waals surface area contributed by atoms with Crippen molar-refractivity contribution in [2.45, 2.75) is 6.92 Å². The molecule has 2 aromatic rings. The van der Waals surface area contributed by atoms with E-state index in [1.54, 1.807) is 31.2 Å². The average Bonchev–Trinajstić information content (AvgIpc) is 2.44. The number of rotatable bonds is 4. The van der Waals surface area contributed by atoms with Crippen LogP contribution >= 0.6 is 0 Å². The van der Waals surface area contributed by atoms with Crippen molar-refractivity contribution in [1.29, 1.82) is 0 Å². The van der Waals surface area contributed by atoms with Gasteiger partial charge in [0.2, 0.25) is 0 Å². The molecule has 0 atom stereocenters. The number of aromatic nitrogens is 2. The Bertz CT molecular complexity index is 630. The van der Waals surface area contributed by atoms with Gasteiger partial charge in [-0.1, -0.05) is 6.07 Å². The minimum absolute atomic E-state index is 0.198. The summed E-state index contributed by atoms with van der Waals surface area (Å²) in [5.41, 5.74) is 12.7. The fourth-order valence-corrected chi connectivity index (χ4v) is 1.58. The lowest BCUT2D eigenvalue weighted by Crippen LogP contribution is -2.06. The van der Waals surface area contributed by atoms with Gasteiger partial charge in [0, 0.05) is 5.69 Å². The van der Waals surface area contributed by atoms with Crippen LogP contribution in [-0.4, -0.2) is 22.5 Å². The highest BCUT2D eigenvalue weighted by Gasteiger charge is 2.09. The van der Waals surface area contributed by atoms with E-state index in [1.165, 1.54) is 6.33 Å². The molecule has 0 aliphatic carbocycles. The van der Waals surface area contributed by atoms with Crippen molar-refractivity contribution in [3.63, 3.8) is 0 Å². The van der Waals surface area contributed by atoms with Crippen LogP contribution in [0.3, 0.4) is 0 Å². The maximum absolute atomic E-state index is 11.7. The van der Waals surface area contributed by atoms with Gasteiger partial charge < -0.3 is 21.5 Å². The van der Waals surface area contributed by atoms with Crippen molar-refractivity contribution in [2.24, 2.45) is 0 Å². The number of nitrogens with one attached hydrogen (secondary N) is 1. The molecule has 20 heavy (non-hydrogen) atoms. The van der Waals surface area contributed by atoms with Crippen LogP contribution in [0, 0.1) is 0 Å². The highest BCUT2D eigenvalue weighted by Crippen LogP contribution is 2.24. The molecule has 7 nitrogen and oxygen atoms in total. The zero-order valence-corrected chi connectivity index (χ0v) is 11.0. The van der Waals surface area contributed by atoms with E-state index in [0.29, 0.717) is 23.7 Å². The minimum Gasteiger partial charge on any atom is -0.462 e. The summed E-state index contributed by atoms with van der Waals surface area (Å²) in [7, 11) is 0. The molecule has 1 aromatic heterocycles. The summed E-state index contributed by atoms with van der Waals surface area (Å²) in [5, 5.41) is 2.99. The first kappa shape index (κ1) is 13.6. The number of esters is 1. The molecule has 104 valence electrons. The molecule has 0 radical (unpaired) electrons. The number of nitrogens with zero attached hydrogens (tertiary/aromatic N) is 2. The van der Waals surface area contributed by atoms with E-state index in [2.05, 4.69) is 15.3 Å². The van der Waals surface area contributed by atoms with Crippen molar-refractivity contribution in [2.75, 3.05) is 23.4 Å². The summed E-state index contributed by atoms with van der Waals surface area (Å²) in [4.78, 5) is 19.4. The lowest BCUT2D eigenvalue weighted by atomic mass is 10.2. The molecule has 1 aromatic carbocycles. The maximum Gasteiger partial charge on any atom is 0.338 e. The predicted octanol–water partition coefficient (Wildman–Crippen LogP) is 1.56. The molecular weight excluding hydrogens is 258 g/mol. The first-order valence-corrected chi connectivity index (χ1v) is 6.02. The lowest BCUT2D eigenvalue weighted by Gasteiger charge is -2.10. The van der Waals surface area contributed by atoms with Crippen LogP contribution in [-0.2, 0) is 4.74 Å². The quantitative estimate of drug-likeness (QED) is 0.724. The molecule has 5 N–H and O–H groups in total. The zero-order valence-electron chi connectivity index (χ0n) is 11.0. The summed E-state index contributed by atoms with van der Waals surface area (Å²) in [5.74, 6) is 0.203. The summed E-state index contributed by atoms with van der Waals surface area (Å²) in [6.45, 7) is 2.08. The third kappa shape index (κ3) is 2.94. The Morgan fingerprint density at radius 1 is 1.35 bits per heavy atom. The van der Waals surface area contributed by atoms with E-state index >= 15 is 0 Å². The second-order valence-corrected chi connectivity index (χ2v) is 3.95. The fraction of sp³-hybridized carbons (Fsp3) is 0.154. The standard InChI is InChI=1S/C13H15N5O2/c1-2-20-13(19)8-4-3-5-9(6-8)18-12-10(14)11(15)16-7-17-12/h3-7H,2,14H2,1H3,(H3,15,16,17,18). The van der Waals surface area contributed by atoms with E-state index in [0.717, 1.165) is 0 Å². The third-order valence-corrected chi connectivity index (χ3v) is 2.55. The number of nitrogens with two attached hydrogens (primary N) is 2. The first-order chi connectivity index (χ1) is 9.61. The molecule has 0 fully saturated rings. The first-order valence-electron chi connectivity index (χ1n) is 6.02. The molecule has 0 aliphatic rings. The molecule has 7 heteroatoms. The van der Waals surface area contributed by atoms with Crippen LogP contribution in [0.5, 0.6) is 0 Å². The van der Waals surface area contributed by atoms with Gasteiger partial charge in [0.25, 0.3) is 0 Å². The number of nitrogen functional groups attached to an aromatic ring is 2. The Kier molecular flexibility index (Phi) is 3.99. The van der Waals surface area contributed by atoms with Crippen molar-refractivity contribution >= 4 is 29.0 Å². The SMILES string of the molecule is CCOC(=O)c1cccc(Nc2ncnc(N)c2N)c1. The smallest absolute Gasteiger partial charge is 0.338 e. The summed E-state index contributed by atoms with van der Waals surface area (Å²) in [6.07, 6.45) is 1.31. The highest BCUT2D eigenvalue weighted by molar-refractivity contribution is 5.91. The maximum atomic E-state index is 11.7. The van der Waals surface area contributed by atoms with Gasteiger partial charge in [-0.05, 0) is 25.1 Å². The van der Waals surface area contributed by atoms with Crippen LogP contribution in [0.2, 0.25) is 0 Å². The molecule has 0 saturated carbocycles. The molecule has 0 amide bonds. The summed E-state index contributed by atoms with van der Waals surface area (Å²) >= 11 is 0. The summed E-state index contributed by atoms with van der Waals surface area (Å²) in [6, 6.07) is 6.83. The van der Waals surface area contributed by atoms with Gasteiger partial charge in [-0.3, -0.25) is 0 Å². The van der Waals surface area contributed by atoms with E-state index in [9.17, 15) is 4.79 Å². The Hall–Kier alpha value is -2.83. The monoisotopic (exact) mass is 273 g/mol. The average molecular weight is 273 g/mol. The van der Waals surface area contributed by atoms with Crippen LogP contribution in [0.25, 0.3) is 0 Å².